The van der Waals surface area contributed by atoms with Gasteiger partial charge in [-0.1, -0.05) is 254 Å². The van der Waals surface area contributed by atoms with Gasteiger partial charge in [0.05, 0.1) is 26.4 Å². The van der Waals surface area contributed by atoms with Crippen molar-refractivity contribution in [2.45, 2.75) is 324 Å². The average molecular weight is 1230 g/mol. The highest BCUT2D eigenvalue weighted by Gasteiger charge is 2.30. The second-order valence-corrected chi connectivity index (χ2v) is 27.5. The first kappa shape index (κ1) is 81.1. The Labute approximate surface area is 505 Å². The van der Waals surface area contributed by atoms with Gasteiger partial charge < -0.3 is 33.8 Å². The van der Waals surface area contributed by atoms with E-state index in [2.05, 4.69) is 55.4 Å². The maximum atomic E-state index is 13.0. The number of unbranched alkanes of at least 4 members (excludes halogenated alkanes) is 25. The van der Waals surface area contributed by atoms with E-state index >= 15 is 0 Å². The largest absolute Gasteiger partial charge is 0.472 e. The van der Waals surface area contributed by atoms with Crippen molar-refractivity contribution in [2.75, 3.05) is 39.6 Å². The molecular weight excluding hydrogens is 1100 g/mol. The van der Waals surface area contributed by atoms with Crippen LogP contribution in [0.3, 0.4) is 0 Å². The van der Waals surface area contributed by atoms with Gasteiger partial charge in [0.25, 0.3) is 0 Å². The smallest absolute Gasteiger partial charge is 0.462 e. The maximum absolute atomic E-state index is 13.0. The van der Waals surface area contributed by atoms with Crippen molar-refractivity contribution in [2.24, 2.45) is 23.7 Å². The normalized spacial score (nSPS) is 15.1. The number of aliphatic hydroxyl groups excluding tert-OH is 1. The van der Waals surface area contributed by atoms with Gasteiger partial charge >= 0.3 is 39.5 Å². The number of aliphatic hydroxyl groups is 1. The molecule has 0 aromatic carbocycles. The maximum Gasteiger partial charge on any atom is 0.472 e. The van der Waals surface area contributed by atoms with Crippen LogP contribution in [0.5, 0.6) is 0 Å². The fourth-order valence-corrected chi connectivity index (χ4v) is 10.9. The number of hydrogen-bond donors (Lipinski definition) is 3. The van der Waals surface area contributed by atoms with Crippen LogP contribution in [0.25, 0.3) is 0 Å². The zero-order chi connectivity index (χ0) is 61.8. The first-order chi connectivity index (χ1) is 39.7. The lowest BCUT2D eigenvalue weighted by molar-refractivity contribution is -0.161. The van der Waals surface area contributed by atoms with E-state index in [4.69, 9.17) is 37.0 Å². The highest BCUT2D eigenvalue weighted by Crippen LogP contribution is 2.45. The van der Waals surface area contributed by atoms with E-state index in [-0.39, 0.29) is 25.7 Å². The van der Waals surface area contributed by atoms with Crippen molar-refractivity contribution in [1.29, 1.82) is 0 Å². The first-order valence-electron chi connectivity index (χ1n) is 33.3. The Hall–Kier alpha value is -1.94. The van der Waals surface area contributed by atoms with Crippen LogP contribution in [0.15, 0.2) is 0 Å². The molecule has 0 fully saturated rings. The van der Waals surface area contributed by atoms with Crippen molar-refractivity contribution in [3.05, 3.63) is 0 Å². The summed E-state index contributed by atoms with van der Waals surface area (Å²) in [7, 11) is -9.89. The molecule has 0 saturated carbocycles. The molecule has 17 nitrogen and oxygen atoms in total. The summed E-state index contributed by atoms with van der Waals surface area (Å²) in [5, 5.41) is 10.5. The predicted octanol–water partition coefficient (Wildman–Crippen LogP) is 17.4. The van der Waals surface area contributed by atoms with E-state index in [1.807, 2.05) is 0 Å². The summed E-state index contributed by atoms with van der Waals surface area (Å²) >= 11 is 0. The molecule has 0 bridgehead atoms. The molecule has 0 aromatic rings. The third kappa shape index (κ3) is 56.3. The lowest BCUT2D eigenvalue weighted by Crippen LogP contribution is -2.30. The lowest BCUT2D eigenvalue weighted by Gasteiger charge is -2.21. The fourth-order valence-electron chi connectivity index (χ4n) is 9.36. The molecule has 0 heterocycles. The monoisotopic (exact) mass is 1230 g/mol. The predicted molar refractivity (Wildman–Crippen MR) is 331 cm³/mol. The molecule has 0 saturated heterocycles. The molecule has 0 aromatic heterocycles. The zero-order valence-corrected chi connectivity index (χ0v) is 55.6. The van der Waals surface area contributed by atoms with Gasteiger partial charge in [-0.05, 0) is 49.4 Å². The van der Waals surface area contributed by atoms with Gasteiger partial charge in [-0.25, -0.2) is 9.13 Å². The van der Waals surface area contributed by atoms with Crippen molar-refractivity contribution >= 4 is 39.5 Å². The number of ether oxygens (including phenoxy) is 4. The summed E-state index contributed by atoms with van der Waals surface area (Å²) in [6.45, 7) is 13.9. The summed E-state index contributed by atoms with van der Waals surface area (Å²) in [5.74, 6) is 0.752. The van der Waals surface area contributed by atoms with Crippen LogP contribution in [-0.4, -0.2) is 96.7 Å². The fraction of sp³-hybridized carbons (Fsp3) is 0.938. The topological polar surface area (TPSA) is 237 Å². The number of carbonyl (C=O) groups is 4. The molecule has 492 valence electrons. The van der Waals surface area contributed by atoms with Crippen LogP contribution in [0.2, 0.25) is 0 Å². The number of rotatable bonds is 61. The molecule has 0 aliphatic heterocycles. The van der Waals surface area contributed by atoms with E-state index < -0.39 is 97.5 Å². The van der Waals surface area contributed by atoms with Gasteiger partial charge in [0.2, 0.25) is 0 Å². The standard InChI is InChI=1S/C64H124O17P2/c1-9-56(7)42-34-26-19-22-29-37-45-62(67)75-51-60(81-64(69)47-39-31-23-20-27-35-43-57(8)10-2)53-79-83(72,73)77-49-58(65)48-76-82(70,71)78-52-59(50-74-61(66)44-36-28-21-18-25-33-41-55(5)6)80-63(68)46-38-30-17-15-13-11-12-14-16-24-32-40-54(3)4/h54-60,65H,9-53H2,1-8H3,(H,70,71)(H,72,73)/t56?,57?,58-,59-,60-/m1/s1. The van der Waals surface area contributed by atoms with Gasteiger partial charge in [-0.15, -0.1) is 0 Å². The molecule has 0 aliphatic carbocycles. The molecule has 0 rings (SSSR count). The lowest BCUT2D eigenvalue weighted by atomic mass is 10.00. The van der Waals surface area contributed by atoms with Gasteiger partial charge in [0.1, 0.15) is 19.3 Å². The minimum atomic E-state index is -4.95. The van der Waals surface area contributed by atoms with Gasteiger partial charge in [-0.2, -0.15) is 0 Å². The van der Waals surface area contributed by atoms with E-state index in [1.165, 1.54) is 96.3 Å². The molecule has 3 N–H and O–H groups in total. The van der Waals surface area contributed by atoms with Gasteiger partial charge in [0, 0.05) is 25.7 Å². The quantitative estimate of drug-likeness (QED) is 0.0222. The summed E-state index contributed by atoms with van der Waals surface area (Å²) in [6.07, 6.45) is 33.7. The Morgan fingerprint density at radius 2 is 0.578 bits per heavy atom. The van der Waals surface area contributed by atoms with Gasteiger partial charge in [0.15, 0.2) is 12.2 Å². The SMILES string of the molecule is CCC(C)CCCCCCCCC(=O)OC[C@H](COP(=O)(O)OC[C@H](O)COP(=O)(O)OC[C@@H](COC(=O)CCCCCCCCC(C)C)OC(=O)CCCCCCCCCCCCCC(C)C)OC(=O)CCCCCCCCC(C)CC. The summed E-state index contributed by atoms with van der Waals surface area (Å²) in [5.41, 5.74) is 0. The van der Waals surface area contributed by atoms with Crippen molar-refractivity contribution in [1.82, 2.24) is 0 Å². The summed E-state index contributed by atoms with van der Waals surface area (Å²) < 4.78 is 68.0. The van der Waals surface area contributed by atoms with Crippen LogP contribution >= 0.6 is 15.6 Å². The van der Waals surface area contributed by atoms with Crippen LogP contribution < -0.4 is 0 Å². The molecule has 7 atom stereocenters. The molecule has 4 unspecified atom stereocenters. The van der Waals surface area contributed by atoms with Crippen molar-refractivity contribution in [3.63, 3.8) is 0 Å². The first-order valence-corrected chi connectivity index (χ1v) is 36.3. The van der Waals surface area contributed by atoms with E-state index in [0.717, 1.165) is 120 Å². The summed E-state index contributed by atoms with van der Waals surface area (Å²) in [6, 6.07) is 0. The third-order valence-electron chi connectivity index (χ3n) is 15.3. The molecule has 0 amide bonds. The highest BCUT2D eigenvalue weighted by atomic mass is 31.2. The van der Waals surface area contributed by atoms with Crippen LogP contribution in [-0.2, 0) is 65.4 Å². The minimum Gasteiger partial charge on any atom is -0.462 e. The highest BCUT2D eigenvalue weighted by molar-refractivity contribution is 7.47. The van der Waals surface area contributed by atoms with Crippen molar-refractivity contribution in [3.8, 4) is 0 Å². The average Bonchev–Trinajstić information content (AvgIpc) is 3.44. The molecular formula is C64H124O17P2. The Kier molecular flexibility index (Phi) is 53.0. The number of phosphoric acid groups is 2. The summed E-state index contributed by atoms with van der Waals surface area (Å²) in [4.78, 5) is 72.2. The van der Waals surface area contributed by atoms with Gasteiger partial charge in [-0.3, -0.25) is 37.3 Å². The molecule has 0 radical (unpaired) electrons. The second-order valence-electron chi connectivity index (χ2n) is 24.6. The second kappa shape index (κ2) is 54.2. The molecule has 0 aliphatic rings. The Morgan fingerprint density at radius 1 is 0.337 bits per heavy atom. The van der Waals surface area contributed by atoms with Crippen LogP contribution in [0, 0.1) is 23.7 Å². The van der Waals surface area contributed by atoms with E-state index in [1.54, 1.807) is 0 Å². The third-order valence-corrected chi connectivity index (χ3v) is 17.2. The van der Waals surface area contributed by atoms with E-state index in [0.29, 0.717) is 31.6 Å². The molecule has 83 heavy (non-hydrogen) atoms. The van der Waals surface area contributed by atoms with Crippen LogP contribution in [0.4, 0.5) is 0 Å². The zero-order valence-electron chi connectivity index (χ0n) is 53.8. The van der Waals surface area contributed by atoms with E-state index in [9.17, 15) is 43.2 Å². The minimum absolute atomic E-state index is 0.101. The van der Waals surface area contributed by atoms with Crippen molar-refractivity contribution < 1.29 is 80.2 Å². The Bertz CT molecular complexity index is 1670. The Balaban J connectivity index is 5.25. The number of hydrogen-bond acceptors (Lipinski definition) is 15. The molecule has 19 heteroatoms. The number of phosphoric ester groups is 2. The number of carbonyl (C=O) groups excluding carboxylic acids is 4. The Morgan fingerprint density at radius 3 is 0.855 bits per heavy atom. The van der Waals surface area contributed by atoms with Crippen LogP contribution in [0.1, 0.15) is 306 Å². The number of esters is 4. The molecule has 0 spiro atoms.